The molecule has 2 N–H and O–H groups in total. The quantitative estimate of drug-likeness (QED) is 0.818. The summed E-state index contributed by atoms with van der Waals surface area (Å²) in [5.74, 6) is 0.884. The zero-order valence-corrected chi connectivity index (χ0v) is 11.6. The zero-order chi connectivity index (χ0) is 13.0. The van der Waals surface area contributed by atoms with Crippen LogP contribution in [-0.4, -0.2) is 24.8 Å². The first-order valence-corrected chi connectivity index (χ1v) is 5.93. The maximum atomic E-state index is 5.84. The van der Waals surface area contributed by atoms with Crippen LogP contribution in [0.3, 0.4) is 0 Å². The van der Waals surface area contributed by atoms with Gasteiger partial charge in [-0.1, -0.05) is 12.2 Å². The van der Waals surface area contributed by atoms with Crippen molar-refractivity contribution in [3.05, 3.63) is 28.8 Å². The summed E-state index contributed by atoms with van der Waals surface area (Å²) >= 11 is 4.97. The standard InChI is InChI=1S/C13H19NO2S/c1-8-5-11(13(14)17)6-9(2)12(8)16-10(3)7-15-4/h5-6,10H,7H2,1-4H3,(H2,14,17). The Balaban J connectivity index is 2.97. The fourth-order valence-electron chi connectivity index (χ4n) is 1.75. The molecular formula is C13H19NO2S. The molecule has 0 aliphatic carbocycles. The summed E-state index contributed by atoms with van der Waals surface area (Å²) in [6.07, 6.45) is 0.0214. The number of hydrogen-bond acceptors (Lipinski definition) is 3. The smallest absolute Gasteiger partial charge is 0.125 e. The average molecular weight is 253 g/mol. The number of methoxy groups -OCH3 is 1. The van der Waals surface area contributed by atoms with Crippen molar-refractivity contribution in [1.82, 2.24) is 0 Å². The monoisotopic (exact) mass is 253 g/mol. The molecule has 0 saturated heterocycles. The zero-order valence-electron chi connectivity index (χ0n) is 10.7. The van der Waals surface area contributed by atoms with E-state index >= 15 is 0 Å². The van der Waals surface area contributed by atoms with Crippen LogP contribution in [0.15, 0.2) is 12.1 Å². The van der Waals surface area contributed by atoms with Gasteiger partial charge in [-0.2, -0.15) is 0 Å². The SMILES string of the molecule is COCC(C)Oc1c(C)cc(C(N)=S)cc1C. The normalized spacial score (nSPS) is 12.2. The fraction of sp³-hybridized carbons (Fsp3) is 0.462. The second kappa shape index (κ2) is 5.98. The first kappa shape index (κ1) is 13.9. The van der Waals surface area contributed by atoms with E-state index in [-0.39, 0.29) is 6.10 Å². The van der Waals surface area contributed by atoms with Crippen molar-refractivity contribution >= 4 is 17.2 Å². The van der Waals surface area contributed by atoms with Gasteiger partial charge in [0.15, 0.2) is 0 Å². The molecule has 0 spiro atoms. The summed E-state index contributed by atoms with van der Waals surface area (Å²) in [7, 11) is 1.66. The third-order valence-corrected chi connectivity index (χ3v) is 2.70. The second-order valence-electron chi connectivity index (χ2n) is 4.19. The van der Waals surface area contributed by atoms with Crippen LogP contribution >= 0.6 is 12.2 Å². The highest BCUT2D eigenvalue weighted by molar-refractivity contribution is 7.80. The summed E-state index contributed by atoms with van der Waals surface area (Å²) in [6, 6.07) is 3.90. The van der Waals surface area contributed by atoms with Gasteiger partial charge >= 0.3 is 0 Å². The summed E-state index contributed by atoms with van der Waals surface area (Å²) in [4.78, 5) is 0.410. The lowest BCUT2D eigenvalue weighted by Gasteiger charge is -2.18. The maximum Gasteiger partial charge on any atom is 0.125 e. The highest BCUT2D eigenvalue weighted by Crippen LogP contribution is 2.25. The van der Waals surface area contributed by atoms with Crippen LogP contribution in [0.1, 0.15) is 23.6 Å². The fourth-order valence-corrected chi connectivity index (χ4v) is 1.87. The van der Waals surface area contributed by atoms with Gasteiger partial charge in [-0.05, 0) is 44.0 Å². The Labute approximate surface area is 108 Å². The molecule has 1 unspecified atom stereocenters. The van der Waals surface area contributed by atoms with E-state index in [9.17, 15) is 0 Å². The van der Waals surface area contributed by atoms with E-state index in [0.29, 0.717) is 11.6 Å². The summed E-state index contributed by atoms with van der Waals surface area (Å²) in [5, 5.41) is 0. The summed E-state index contributed by atoms with van der Waals surface area (Å²) in [6.45, 7) is 6.52. The molecule has 4 heteroatoms. The Morgan fingerprint density at radius 1 is 1.35 bits per heavy atom. The molecule has 0 aliphatic heterocycles. The van der Waals surface area contributed by atoms with Gasteiger partial charge in [0.2, 0.25) is 0 Å². The van der Waals surface area contributed by atoms with Crippen LogP contribution in [-0.2, 0) is 4.74 Å². The van der Waals surface area contributed by atoms with Crippen molar-refractivity contribution in [2.75, 3.05) is 13.7 Å². The van der Waals surface area contributed by atoms with E-state index in [2.05, 4.69) is 0 Å². The molecule has 94 valence electrons. The largest absolute Gasteiger partial charge is 0.488 e. The van der Waals surface area contributed by atoms with Crippen molar-refractivity contribution in [3.63, 3.8) is 0 Å². The number of rotatable bonds is 5. The van der Waals surface area contributed by atoms with E-state index in [0.717, 1.165) is 22.4 Å². The van der Waals surface area contributed by atoms with Gasteiger partial charge in [0.05, 0.1) is 6.61 Å². The van der Waals surface area contributed by atoms with E-state index in [4.69, 9.17) is 27.4 Å². The van der Waals surface area contributed by atoms with Crippen LogP contribution in [0.2, 0.25) is 0 Å². The number of benzene rings is 1. The maximum absolute atomic E-state index is 5.84. The molecule has 0 aliphatic rings. The highest BCUT2D eigenvalue weighted by Gasteiger charge is 2.11. The van der Waals surface area contributed by atoms with Gasteiger partial charge in [-0.15, -0.1) is 0 Å². The van der Waals surface area contributed by atoms with Gasteiger partial charge < -0.3 is 15.2 Å². The minimum absolute atomic E-state index is 0.0214. The lowest BCUT2D eigenvalue weighted by Crippen LogP contribution is -2.19. The first-order chi connectivity index (χ1) is 7.95. The molecule has 0 amide bonds. The van der Waals surface area contributed by atoms with E-state index in [1.54, 1.807) is 7.11 Å². The van der Waals surface area contributed by atoms with Crippen LogP contribution in [0.4, 0.5) is 0 Å². The molecule has 0 aromatic heterocycles. The number of thiocarbonyl (C=S) groups is 1. The minimum atomic E-state index is 0.0214. The Kier molecular flexibility index (Phi) is 4.90. The molecule has 0 saturated carbocycles. The van der Waals surface area contributed by atoms with Crippen LogP contribution in [0, 0.1) is 13.8 Å². The Bertz CT molecular complexity index is 395. The Hall–Kier alpha value is -1.13. The minimum Gasteiger partial charge on any atom is -0.488 e. The molecule has 0 bridgehead atoms. The predicted molar refractivity (Wildman–Crippen MR) is 73.8 cm³/mol. The van der Waals surface area contributed by atoms with Gasteiger partial charge in [0.25, 0.3) is 0 Å². The van der Waals surface area contributed by atoms with E-state index in [1.807, 2.05) is 32.9 Å². The molecule has 1 rings (SSSR count). The van der Waals surface area contributed by atoms with Crippen LogP contribution in [0.25, 0.3) is 0 Å². The molecule has 0 heterocycles. The van der Waals surface area contributed by atoms with Gasteiger partial charge in [-0.25, -0.2) is 0 Å². The molecule has 1 aromatic carbocycles. The van der Waals surface area contributed by atoms with E-state index in [1.165, 1.54) is 0 Å². The Morgan fingerprint density at radius 3 is 2.29 bits per heavy atom. The van der Waals surface area contributed by atoms with E-state index < -0.39 is 0 Å². The second-order valence-corrected chi connectivity index (χ2v) is 4.63. The topological polar surface area (TPSA) is 44.5 Å². The predicted octanol–water partition coefficient (Wildman–Crippen LogP) is 2.35. The Morgan fingerprint density at radius 2 is 1.88 bits per heavy atom. The van der Waals surface area contributed by atoms with Gasteiger partial charge in [0.1, 0.15) is 16.8 Å². The van der Waals surface area contributed by atoms with Crippen molar-refractivity contribution in [1.29, 1.82) is 0 Å². The molecule has 1 atom stereocenters. The lowest BCUT2D eigenvalue weighted by molar-refractivity contribution is 0.0911. The number of hydrogen-bond donors (Lipinski definition) is 1. The molecule has 17 heavy (non-hydrogen) atoms. The number of nitrogens with two attached hydrogens (primary N) is 1. The first-order valence-electron chi connectivity index (χ1n) is 5.52. The highest BCUT2D eigenvalue weighted by atomic mass is 32.1. The third kappa shape index (κ3) is 3.68. The molecular weight excluding hydrogens is 234 g/mol. The molecule has 0 radical (unpaired) electrons. The van der Waals surface area contributed by atoms with Crippen LogP contribution in [0.5, 0.6) is 5.75 Å². The molecule has 0 fully saturated rings. The molecule has 3 nitrogen and oxygen atoms in total. The van der Waals surface area contributed by atoms with Crippen molar-refractivity contribution in [3.8, 4) is 5.75 Å². The third-order valence-electron chi connectivity index (χ3n) is 2.47. The summed E-state index contributed by atoms with van der Waals surface area (Å²) < 4.78 is 10.9. The van der Waals surface area contributed by atoms with Crippen LogP contribution < -0.4 is 10.5 Å². The lowest BCUT2D eigenvalue weighted by atomic mass is 10.1. The van der Waals surface area contributed by atoms with Crippen molar-refractivity contribution in [2.45, 2.75) is 26.9 Å². The average Bonchev–Trinajstić information content (AvgIpc) is 2.23. The van der Waals surface area contributed by atoms with Crippen molar-refractivity contribution < 1.29 is 9.47 Å². The van der Waals surface area contributed by atoms with Gasteiger partial charge in [0, 0.05) is 12.7 Å². The molecule has 1 aromatic rings. The number of ether oxygens (including phenoxy) is 2. The van der Waals surface area contributed by atoms with Crippen molar-refractivity contribution in [2.24, 2.45) is 5.73 Å². The van der Waals surface area contributed by atoms with Gasteiger partial charge in [-0.3, -0.25) is 0 Å². The summed E-state index contributed by atoms with van der Waals surface area (Å²) in [5.41, 5.74) is 8.57. The number of aryl methyl sites for hydroxylation is 2.